The molecule has 6 nitrogen and oxygen atoms in total. The smallest absolute Gasteiger partial charge is 0.191 e. The van der Waals surface area contributed by atoms with Crippen molar-refractivity contribution in [1.82, 2.24) is 20.4 Å². The van der Waals surface area contributed by atoms with Gasteiger partial charge in [0.25, 0.3) is 0 Å². The number of aliphatic imine (C=N–C) groups is 1. The Morgan fingerprint density at radius 2 is 1.73 bits per heavy atom. The third-order valence-corrected chi connectivity index (χ3v) is 5.86. The average molecular weight is 532 g/mol. The van der Waals surface area contributed by atoms with Crippen LogP contribution in [0.25, 0.3) is 0 Å². The van der Waals surface area contributed by atoms with E-state index in [1.807, 2.05) is 7.05 Å². The number of rotatable bonds is 10. The van der Waals surface area contributed by atoms with Gasteiger partial charge in [-0.15, -0.1) is 24.0 Å². The second-order valence-corrected chi connectivity index (χ2v) is 8.11. The van der Waals surface area contributed by atoms with Crippen LogP contribution in [0.2, 0.25) is 0 Å². The van der Waals surface area contributed by atoms with Crippen LogP contribution in [0.3, 0.4) is 0 Å². The Hall–Kier alpha value is -0.900. The van der Waals surface area contributed by atoms with E-state index in [1.165, 1.54) is 24.0 Å². The van der Waals surface area contributed by atoms with Crippen molar-refractivity contribution in [2.75, 3.05) is 54.0 Å². The van der Waals surface area contributed by atoms with Gasteiger partial charge in [0.15, 0.2) is 5.96 Å². The van der Waals surface area contributed by atoms with Crippen LogP contribution < -0.4 is 10.6 Å². The van der Waals surface area contributed by atoms with E-state index in [2.05, 4.69) is 77.6 Å². The summed E-state index contributed by atoms with van der Waals surface area (Å²) < 4.78 is 5.57. The first-order valence-electron chi connectivity index (χ1n) is 11.1. The molecular formula is C23H42IN5O. The summed E-state index contributed by atoms with van der Waals surface area (Å²) in [7, 11) is 6.06. The molecule has 2 N–H and O–H groups in total. The summed E-state index contributed by atoms with van der Waals surface area (Å²) >= 11 is 0. The number of hydrogen-bond acceptors (Lipinski definition) is 4. The molecule has 1 aromatic carbocycles. The predicted molar refractivity (Wildman–Crippen MR) is 138 cm³/mol. The second kappa shape index (κ2) is 15.0. The van der Waals surface area contributed by atoms with Gasteiger partial charge < -0.3 is 20.3 Å². The third-order valence-electron chi connectivity index (χ3n) is 5.86. The van der Waals surface area contributed by atoms with E-state index in [0.29, 0.717) is 12.0 Å². The number of morpholine rings is 1. The van der Waals surface area contributed by atoms with Crippen LogP contribution in [-0.4, -0.2) is 75.8 Å². The quantitative estimate of drug-likeness (QED) is 0.276. The van der Waals surface area contributed by atoms with Gasteiger partial charge in [-0.1, -0.05) is 51.0 Å². The molecule has 172 valence electrons. The van der Waals surface area contributed by atoms with Gasteiger partial charge in [-0.3, -0.25) is 9.89 Å². The Balaban J connectivity index is 0.00000450. The molecule has 1 aliphatic rings. The number of halogens is 1. The molecular weight excluding hydrogens is 489 g/mol. The maximum atomic E-state index is 5.57. The lowest BCUT2D eigenvalue weighted by molar-refractivity contribution is 0.00272. The van der Waals surface area contributed by atoms with Crippen molar-refractivity contribution in [3.05, 3.63) is 35.4 Å². The fourth-order valence-corrected chi connectivity index (χ4v) is 4.16. The molecule has 0 aromatic heterocycles. The molecule has 30 heavy (non-hydrogen) atoms. The maximum Gasteiger partial charge on any atom is 0.191 e. The zero-order chi connectivity index (χ0) is 21.1. The molecule has 0 amide bonds. The van der Waals surface area contributed by atoms with E-state index in [1.54, 1.807) is 0 Å². The van der Waals surface area contributed by atoms with Crippen molar-refractivity contribution < 1.29 is 4.74 Å². The van der Waals surface area contributed by atoms with Gasteiger partial charge in [0.1, 0.15) is 0 Å². The average Bonchev–Trinajstić information content (AvgIpc) is 2.74. The molecule has 0 bridgehead atoms. The highest BCUT2D eigenvalue weighted by atomic mass is 127. The largest absolute Gasteiger partial charge is 0.379 e. The zero-order valence-corrected chi connectivity index (χ0v) is 21.8. The SMILES string of the molecule is CCC(CC)C(CNC(=NC)NCc1ccccc1CN(C)C)N1CCOCC1.I. The minimum atomic E-state index is 0. The minimum Gasteiger partial charge on any atom is -0.379 e. The molecule has 1 fully saturated rings. The summed E-state index contributed by atoms with van der Waals surface area (Å²) in [6.45, 7) is 10.9. The number of nitrogens with zero attached hydrogens (tertiary/aromatic N) is 3. The first kappa shape index (κ1) is 27.1. The molecule has 1 unspecified atom stereocenters. The van der Waals surface area contributed by atoms with Crippen molar-refractivity contribution in [2.24, 2.45) is 10.9 Å². The van der Waals surface area contributed by atoms with Gasteiger partial charge >= 0.3 is 0 Å². The van der Waals surface area contributed by atoms with Crippen molar-refractivity contribution in [2.45, 2.75) is 45.8 Å². The van der Waals surface area contributed by atoms with E-state index in [4.69, 9.17) is 4.74 Å². The molecule has 1 aliphatic heterocycles. The van der Waals surface area contributed by atoms with Crippen molar-refractivity contribution in [1.29, 1.82) is 0 Å². The van der Waals surface area contributed by atoms with Gasteiger partial charge in [-0.2, -0.15) is 0 Å². The highest BCUT2D eigenvalue weighted by Gasteiger charge is 2.27. The first-order valence-corrected chi connectivity index (χ1v) is 11.1. The van der Waals surface area contributed by atoms with Crippen molar-refractivity contribution in [3.8, 4) is 0 Å². The number of guanidine groups is 1. The molecule has 7 heteroatoms. The Morgan fingerprint density at radius 3 is 2.30 bits per heavy atom. The Labute approximate surface area is 200 Å². The molecule has 2 rings (SSSR count). The second-order valence-electron chi connectivity index (χ2n) is 8.11. The van der Waals surface area contributed by atoms with E-state index < -0.39 is 0 Å². The lowest BCUT2D eigenvalue weighted by Crippen LogP contribution is -2.53. The number of benzene rings is 1. The number of nitrogens with one attached hydrogen (secondary N) is 2. The summed E-state index contributed by atoms with van der Waals surface area (Å²) in [5.41, 5.74) is 2.66. The van der Waals surface area contributed by atoms with Gasteiger partial charge in [-0.25, -0.2) is 0 Å². The molecule has 1 heterocycles. The summed E-state index contributed by atoms with van der Waals surface area (Å²) in [5.74, 6) is 1.55. The van der Waals surface area contributed by atoms with E-state index >= 15 is 0 Å². The lowest BCUT2D eigenvalue weighted by Gasteiger charge is -2.39. The molecule has 0 spiro atoms. The van der Waals surface area contributed by atoms with Gasteiger partial charge in [-0.05, 0) is 31.1 Å². The Morgan fingerprint density at radius 1 is 1.10 bits per heavy atom. The Bertz CT molecular complexity index is 615. The molecule has 1 aromatic rings. The van der Waals surface area contributed by atoms with Gasteiger partial charge in [0.05, 0.1) is 13.2 Å². The summed E-state index contributed by atoms with van der Waals surface area (Å²) in [4.78, 5) is 9.26. The maximum absolute atomic E-state index is 5.57. The summed E-state index contributed by atoms with van der Waals surface area (Å²) in [6, 6.07) is 9.12. The minimum absolute atomic E-state index is 0. The first-order chi connectivity index (χ1) is 14.1. The summed E-state index contributed by atoms with van der Waals surface area (Å²) in [5, 5.41) is 7.10. The van der Waals surface area contributed by atoms with E-state index in [-0.39, 0.29) is 24.0 Å². The standard InChI is InChI=1S/C23H41N5O.HI/c1-6-19(7-2)22(28-12-14-29-15-13-28)17-26-23(24-3)25-16-20-10-8-9-11-21(20)18-27(4)5;/h8-11,19,22H,6-7,12-18H2,1-5H3,(H2,24,25,26);1H. The monoisotopic (exact) mass is 531 g/mol. The van der Waals surface area contributed by atoms with Crippen LogP contribution in [0.1, 0.15) is 37.8 Å². The van der Waals surface area contributed by atoms with Crippen LogP contribution in [0.5, 0.6) is 0 Å². The molecule has 1 saturated heterocycles. The van der Waals surface area contributed by atoms with Crippen molar-refractivity contribution >= 4 is 29.9 Å². The highest BCUT2D eigenvalue weighted by molar-refractivity contribution is 14.0. The van der Waals surface area contributed by atoms with Gasteiger partial charge in [0, 0.05) is 45.8 Å². The van der Waals surface area contributed by atoms with E-state index in [9.17, 15) is 0 Å². The van der Waals surface area contributed by atoms with Crippen LogP contribution in [0, 0.1) is 5.92 Å². The van der Waals surface area contributed by atoms with E-state index in [0.717, 1.165) is 51.9 Å². The fourth-order valence-electron chi connectivity index (χ4n) is 4.16. The highest BCUT2D eigenvalue weighted by Crippen LogP contribution is 2.19. The van der Waals surface area contributed by atoms with Crippen LogP contribution >= 0.6 is 24.0 Å². The Kier molecular flexibility index (Phi) is 13.6. The topological polar surface area (TPSA) is 52.1 Å². The lowest BCUT2D eigenvalue weighted by atomic mass is 9.92. The van der Waals surface area contributed by atoms with Crippen molar-refractivity contribution in [3.63, 3.8) is 0 Å². The molecule has 1 atom stereocenters. The van der Waals surface area contributed by atoms with Crippen LogP contribution in [0.4, 0.5) is 0 Å². The number of hydrogen-bond donors (Lipinski definition) is 2. The normalized spacial score (nSPS) is 16.4. The predicted octanol–water partition coefficient (Wildman–Crippen LogP) is 3.17. The fraction of sp³-hybridized carbons (Fsp3) is 0.696. The molecule has 0 saturated carbocycles. The third kappa shape index (κ3) is 8.69. The van der Waals surface area contributed by atoms with Crippen LogP contribution in [-0.2, 0) is 17.8 Å². The molecule has 0 aliphatic carbocycles. The molecule has 0 radical (unpaired) electrons. The van der Waals surface area contributed by atoms with Crippen LogP contribution in [0.15, 0.2) is 29.3 Å². The number of ether oxygens (including phenoxy) is 1. The zero-order valence-electron chi connectivity index (χ0n) is 19.5. The summed E-state index contributed by atoms with van der Waals surface area (Å²) in [6.07, 6.45) is 2.40. The van der Waals surface area contributed by atoms with Gasteiger partial charge in [0.2, 0.25) is 0 Å².